The van der Waals surface area contributed by atoms with Crippen LogP contribution in [0.1, 0.15) is 25.8 Å². The topological polar surface area (TPSA) is 78.3 Å². The Morgan fingerprint density at radius 3 is 2.74 bits per heavy atom. The van der Waals surface area contributed by atoms with Crippen LogP contribution in [0.5, 0.6) is 11.5 Å². The molecule has 0 spiro atoms. The van der Waals surface area contributed by atoms with Crippen molar-refractivity contribution >= 4 is 46.6 Å². The van der Waals surface area contributed by atoms with Gasteiger partial charge in [0.25, 0.3) is 0 Å². The first kappa shape index (κ1) is 23.2. The molecule has 31 heavy (non-hydrogen) atoms. The fourth-order valence-corrected chi connectivity index (χ4v) is 4.11. The minimum Gasteiger partial charge on any atom is -0.497 e. The number of aromatic nitrogens is 3. The molecule has 0 bridgehead atoms. The Kier molecular flexibility index (Phi) is 8.06. The summed E-state index contributed by atoms with van der Waals surface area (Å²) in [6, 6.07) is 12.2. The Morgan fingerprint density at radius 1 is 1.23 bits per heavy atom. The summed E-state index contributed by atoms with van der Waals surface area (Å²) in [4.78, 5) is 12.4. The van der Waals surface area contributed by atoms with E-state index in [1.807, 2.05) is 30.5 Å². The predicted octanol–water partition coefficient (Wildman–Crippen LogP) is 5.48. The zero-order valence-corrected chi connectivity index (χ0v) is 19.6. The summed E-state index contributed by atoms with van der Waals surface area (Å²) < 4.78 is 13.0. The number of hydrogen-bond acceptors (Lipinski definition) is 6. The van der Waals surface area contributed by atoms with Gasteiger partial charge in [0.2, 0.25) is 5.91 Å². The van der Waals surface area contributed by atoms with Crippen molar-refractivity contribution in [3.05, 3.63) is 58.3 Å². The molecule has 1 heterocycles. The quantitative estimate of drug-likeness (QED) is 0.408. The van der Waals surface area contributed by atoms with Gasteiger partial charge in [0, 0.05) is 23.3 Å². The van der Waals surface area contributed by atoms with Crippen molar-refractivity contribution in [3.8, 4) is 11.5 Å². The molecule has 1 atom stereocenters. The minimum absolute atomic E-state index is 0.150. The number of benzene rings is 2. The van der Waals surface area contributed by atoms with Crippen molar-refractivity contribution in [2.45, 2.75) is 31.7 Å². The van der Waals surface area contributed by atoms with Crippen LogP contribution in [0.2, 0.25) is 10.0 Å². The van der Waals surface area contributed by atoms with Crippen LogP contribution < -0.4 is 14.8 Å². The van der Waals surface area contributed by atoms with Crippen LogP contribution in [-0.2, 0) is 11.3 Å². The highest BCUT2D eigenvalue weighted by Gasteiger charge is 2.20. The molecule has 0 aliphatic rings. The van der Waals surface area contributed by atoms with Gasteiger partial charge in [-0.05, 0) is 44.2 Å². The summed E-state index contributed by atoms with van der Waals surface area (Å²) in [6.07, 6.45) is -0.397. The van der Waals surface area contributed by atoms with E-state index in [0.29, 0.717) is 44.8 Å². The third-order valence-corrected chi connectivity index (χ3v) is 5.81. The smallest absolute Gasteiger partial charge is 0.234 e. The van der Waals surface area contributed by atoms with Gasteiger partial charge in [0.05, 0.1) is 17.9 Å². The van der Waals surface area contributed by atoms with E-state index in [1.165, 1.54) is 11.8 Å². The average Bonchev–Trinajstić information content (AvgIpc) is 3.17. The van der Waals surface area contributed by atoms with Crippen LogP contribution in [0, 0.1) is 0 Å². The van der Waals surface area contributed by atoms with Gasteiger partial charge in [0.15, 0.2) is 17.1 Å². The number of carbonyl (C=O) groups excluding carboxylic acids is 1. The zero-order chi connectivity index (χ0) is 22.4. The van der Waals surface area contributed by atoms with Crippen LogP contribution in [0.25, 0.3) is 0 Å². The molecular weight excluding hydrogens is 459 g/mol. The number of anilines is 1. The van der Waals surface area contributed by atoms with Gasteiger partial charge >= 0.3 is 0 Å². The number of nitrogens with zero attached hydrogens (tertiary/aromatic N) is 3. The average molecular weight is 481 g/mol. The lowest BCUT2D eigenvalue weighted by molar-refractivity contribution is -0.113. The van der Waals surface area contributed by atoms with Crippen molar-refractivity contribution in [1.82, 2.24) is 14.8 Å². The van der Waals surface area contributed by atoms with Crippen LogP contribution in [0.4, 0.5) is 5.69 Å². The normalized spacial score (nSPS) is 11.8. The Morgan fingerprint density at radius 2 is 2.03 bits per heavy atom. The Bertz CT molecular complexity index is 1060. The Labute approximate surface area is 195 Å². The van der Waals surface area contributed by atoms with Crippen LogP contribution in [0.3, 0.4) is 0 Å². The van der Waals surface area contributed by atoms with E-state index < -0.39 is 6.10 Å². The van der Waals surface area contributed by atoms with E-state index in [4.69, 9.17) is 32.7 Å². The number of ether oxygens (including phenoxy) is 2. The molecule has 0 saturated heterocycles. The van der Waals surface area contributed by atoms with E-state index in [1.54, 1.807) is 37.4 Å². The second kappa shape index (κ2) is 10.7. The predicted molar refractivity (Wildman–Crippen MR) is 124 cm³/mol. The first-order valence-electron chi connectivity index (χ1n) is 9.52. The molecular formula is C21H22Cl2N4O3S. The molecule has 1 unspecified atom stereocenters. The van der Waals surface area contributed by atoms with E-state index in [9.17, 15) is 4.79 Å². The molecule has 1 amide bonds. The molecule has 1 aromatic heterocycles. The molecule has 164 valence electrons. The highest BCUT2D eigenvalue weighted by molar-refractivity contribution is 7.99. The third kappa shape index (κ3) is 6.06. The fourth-order valence-electron chi connectivity index (χ4n) is 2.85. The van der Waals surface area contributed by atoms with Crippen molar-refractivity contribution in [2.75, 3.05) is 18.2 Å². The summed E-state index contributed by atoms with van der Waals surface area (Å²) >= 11 is 13.4. The van der Waals surface area contributed by atoms with Crippen molar-refractivity contribution in [3.63, 3.8) is 0 Å². The maximum atomic E-state index is 12.4. The molecule has 3 aromatic rings. The highest BCUT2D eigenvalue weighted by Crippen LogP contribution is 2.31. The van der Waals surface area contributed by atoms with Crippen LogP contribution >= 0.6 is 35.0 Å². The first-order chi connectivity index (χ1) is 14.9. The molecule has 0 aliphatic heterocycles. The second-order valence-electron chi connectivity index (χ2n) is 6.49. The van der Waals surface area contributed by atoms with Crippen molar-refractivity contribution < 1.29 is 14.3 Å². The van der Waals surface area contributed by atoms with E-state index in [0.717, 1.165) is 0 Å². The number of halogens is 2. The molecule has 0 aliphatic carbocycles. The molecule has 0 radical (unpaired) electrons. The lowest BCUT2D eigenvalue weighted by Crippen LogP contribution is -2.15. The molecule has 7 nitrogen and oxygen atoms in total. The van der Waals surface area contributed by atoms with Crippen molar-refractivity contribution in [2.24, 2.45) is 0 Å². The largest absolute Gasteiger partial charge is 0.497 e. The number of carbonyl (C=O) groups is 1. The maximum Gasteiger partial charge on any atom is 0.234 e. The lowest BCUT2D eigenvalue weighted by atomic mass is 10.3. The lowest BCUT2D eigenvalue weighted by Gasteiger charge is -2.16. The third-order valence-electron chi connectivity index (χ3n) is 4.31. The summed E-state index contributed by atoms with van der Waals surface area (Å²) in [5.74, 6) is 1.87. The van der Waals surface area contributed by atoms with Gasteiger partial charge in [-0.3, -0.25) is 4.79 Å². The van der Waals surface area contributed by atoms with Gasteiger partial charge in [-0.15, -0.1) is 10.2 Å². The van der Waals surface area contributed by atoms with E-state index >= 15 is 0 Å². The molecule has 1 N–H and O–H groups in total. The molecule has 0 fully saturated rings. The monoisotopic (exact) mass is 480 g/mol. The van der Waals surface area contributed by atoms with Crippen LogP contribution in [0.15, 0.2) is 47.6 Å². The first-order valence-corrected chi connectivity index (χ1v) is 11.3. The van der Waals surface area contributed by atoms with E-state index in [2.05, 4.69) is 15.5 Å². The number of amides is 1. The summed E-state index contributed by atoms with van der Waals surface area (Å²) in [6.45, 7) is 4.48. The number of hydrogen-bond donors (Lipinski definition) is 1. The van der Waals surface area contributed by atoms with Gasteiger partial charge in [-0.25, -0.2) is 0 Å². The molecule has 10 heteroatoms. The molecule has 2 aromatic carbocycles. The summed E-state index contributed by atoms with van der Waals surface area (Å²) in [7, 11) is 1.58. The Hall–Kier alpha value is -2.42. The van der Waals surface area contributed by atoms with Crippen LogP contribution in [-0.4, -0.2) is 33.5 Å². The Balaban J connectivity index is 1.64. The van der Waals surface area contributed by atoms with Gasteiger partial charge in [-0.2, -0.15) is 0 Å². The SMILES string of the molecule is CCn1c(SCC(=O)Nc2cccc(OC)c2)nnc1C(C)Oc1ccc(Cl)cc1Cl. The summed E-state index contributed by atoms with van der Waals surface area (Å²) in [5, 5.41) is 12.9. The van der Waals surface area contributed by atoms with Gasteiger partial charge in [-0.1, -0.05) is 41.0 Å². The second-order valence-corrected chi connectivity index (χ2v) is 8.27. The number of methoxy groups -OCH3 is 1. The molecule has 0 saturated carbocycles. The minimum atomic E-state index is -0.397. The van der Waals surface area contributed by atoms with E-state index in [-0.39, 0.29) is 11.7 Å². The number of rotatable bonds is 9. The maximum absolute atomic E-state index is 12.4. The zero-order valence-electron chi connectivity index (χ0n) is 17.3. The number of nitrogens with one attached hydrogen (secondary N) is 1. The summed E-state index contributed by atoms with van der Waals surface area (Å²) in [5.41, 5.74) is 0.671. The molecule has 3 rings (SSSR count). The van der Waals surface area contributed by atoms with Gasteiger partial charge in [0.1, 0.15) is 11.5 Å². The fraction of sp³-hybridized carbons (Fsp3) is 0.286. The number of thioether (sulfide) groups is 1. The standard InChI is InChI=1S/C21H22Cl2N4O3S/c1-4-27-20(13(2)30-18-9-8-14(22)10-17(18)23)25-26-21(27)31-12-19(28)24-15-6-5-7-16(11-15)29-3/h5-11,13H,4,12H2,1-3H3,(H,24,28). The van der Waals surface area contributed by atoms with Crippen molar-refractivity contribution in [1.29, 1.82) is 0 Å². The highest BCUT2D eigenvalue weighted by atomic mass is 35.5. The van der Waals surface area contributed by atoms with Gasteiger partial charge < -0.3 is 19.4 Å².